The first-order valence-electron chi connectivity index (χ1n) is 7.87. The van der Waals surface area contributed by atoms with E-state index in [4.69, 9.17) is 0 Å². The van der Waals surface area contributed by atoms with Crippen LogP contribution < -0.4 is 16.4 Å². The van der Waals surface area contributed by atoms with Crippen molar-refractivity contribution in [2.45, 2.75) is 6.92 Å². The molecule has 1 heterocycles. The van der Waals surface area contributed by atoms with E-state index in [1.807, 2.05) is 13.0 Å². The van der Waals surface area contributed by atoms with Crippen LogP contribution in [0, 0.1) is 6.92 Å². The van der Waals surface area contributed by atoms with Crippen LogP contribution >= 0.6 is 0 Å². The number of hydrogen-bond donors (Lipinski definition) is 2. The minimum atomic E-state index is -1.36. The molecule has 0 amide bonds. The number of aromatic nitrogens is 2. The van der Waals surface area contributed by atoms with Crippen LogP contribution in [0.3, 0.4) is 0 Å². The van der Waals surface area contributed by atoms with Crippen LogP contribution in [0.5, 0.6) is 5.88 Å². The Kier molecular flexibility index (Phi) is 4.71. The second-order valence-electron chi connectivity index (χ2n) is 5.77. The summed E-state index contributed by atoms with van der Waals surface area (Å²) in [4.78, 5) is 41.3. The molecule has 3 rings (SSSR count). The number of carbonyl (C=O) groups excluding carboxylic acids is 1. The Morgan fingerprint density at radius 1 is 1.19 bits per heavy atom. The highest BCUT2D eigenvalue weighted by atomic mass is 16.4. The number of carboxylic acids is 1. The summed E-state index contributed by atoms with van der Waals surface area (Å²) >= 11 is 0. The minimum absolute atomic E-state index is 0.0764. The molecule has 0 aliphatic heterocycles. The van der Waals surface area contributed by atoms with Crippen LogP contribution in [0.1, 0.15) is 21.5 Å². The standard InChI is InChI=1S/C19H15N3O5/c1-11-4-2-7-14(8-11)22-17(24)15(16(23)21-19(22)27)10-20-13-6-3-5-12(9-13)18(25)26/h2-10,24H,1H3,(H,25,26)(H,21,23,27)/p-1. The molecule has 0 saturated heterocycles. The van der Waals surface area contributed by atoms with Gasteiger partial charge in [-0.15, -0.1) is 0 Å². The van der Waals surface area contributed by atoms with E-state index in [1.165, 1.54) is 24.3 Å². The Morgan fingerprint density at radius 3 is 2.63 bits per heavy atom. The summed E-state index contributed by atoms with van der Waals surface area (Å²) in [5.74, 6) is -1.94. The molecule has 0 radical (unpaired) electrons. The maximum absolute atomic E-state index is 12.1. The van der Waals surface area contributed by atoms with E-state index < -0.39 is 23.1 Å². The highest BCUT2D eigenvalue weighted by molar-refractivity contribution is 5.88. The van der Waals surface area contributed by atoms with Crippen molar-refractivity contribution >= 4 is 17.9 Å². The van der Waals surface area contributed by atoms with Crippen LogP contribution in [0.25, 0.3) is 5.69 Å². The molecule has 8 nitrogen and oxygen atoms in total. The molecule has 0 bridgehead atoms. The van der Waals surface area contributed by atoms with E-state index in [0.717, 1.165) is 16.3 Å². The molecule has 0 atom stereocenters. The minimum Gasteiger partial charge on any atom is -0.545 e. The van der Waals surface area contributed by atoms with Crippen molar-refractivity contribution in [2.75, 3.05) is 0 Å². The number of carbonyl (C=O) groups is 1. The molecule has 0 spiro atoms. The lowest BCUT2D eigenvalue weighted by atomic mass is 10.2. The van der Waals surface area contributed by atoms with Crippen molar-refractivity contribution < 1.29 is 15.0 Å². The van der Waals surface area contributed by atoms with Gasteiger partial charge >= 0.3 is 5.69 Å². The number of nitrogens with one attached hydrogen (secondary N) is 1. The van der Waals surface area contributed by atoms with Gasteiger partial charge in [0.25, 0.3) is 5.56 Å². The van der Waals surface area contributed by atoms with Crippen molar-refractivity contribution in [3.8, 4) is 11.6 Å². The van der Waals surface area contributed by atoms with Crippen molar-refractivity contribution in [1.29, 1.82) is 0 Å². The van der Waals surface area contributed by atoms with Crippen LogP contribution in [0.4, 0.5) is 5.69 Å². The number of benzene rings is 2. The lowest BCUT2D eigenvalue weighted by molar-refractivity contribution is -0.255. The zero-order valence-electron chi connectivity index (χ0n) is 14.2. The summed E-state index contributed by atoms with van der Waals surface area (Å²) in [7, 11) is 0. The van der Waals surface area contributed by atoms with Crippen molar-refractivity contribution in [3.63, 3.8) is 0 Å². The van der Waals surface area contributed by atoms with E-state index >= 15 is 0 Å². The highest BCUT2D eigenvalue weighted by Gasteiger charge is 2.14. The van der Waals surface area contributed by atoms with Gasteiger partial charge in [0.15, 0.2) is 0 Å². The molecule has 3 aromatic rings. The quantitative estimate of drug-likeness (QED) is 0.657. The van der Waals surface area contributed by atoms with Crippen LogP contribution in [0.2, 0.25) is 0 Å². The predicted molar refractivity (Wildman–Crippen MR) is 97.1 cm³/mol. The first-order valence-corrected chi connectivity index (χ1v) is 7.87. The molecule has 8 heteroatoms. The fraction of sp³-hybridized carbons (Fsp3) is 0.0526. The van der Waals surface area contributed by atoms with Crippen LogP contribution in [-0.4, -0.2) is 26.8 Å². The second kappa shape index (κ2) is 7.12. The molecule has 27 heavy (non-hydrogen) atoms. The maximum atomic E-state index is 12.1. The largest absolute Gasteiger partial charge is 0.545 e. The van der Waals surface area contributed by atoms with Gasteiger partial charge in [-0.25, -0.2) is 9.36 Å². The number of rotatable bonds is 4. The highest BCUT2D eigenvalue weighted by Crippen LogP contribution is 2.18. The number of aliphatic imine (C=N–C) groups is 1. The number of aryl methyl sites for hydroxylation is 1. The summed E-state index contributed by atoms with van der Waals surface area (Å²) in [6.45, 7) is 1.82. The monoisotopic (exact) mass is 364 g/mol. The summed E-state index contributed by atoms with van der Waals surface area (Å²) in [5.41, 5.74) is -0.451. The summed E-state index contributed by atoms with van der Waals surface area (Å²) in [5, 5.41) is 21.4. The SMILES string of the molecule is Cc1cccc(-n2c(O)c(C=Nc3cccc(C(=O)[O-])c3)c(=O)[nH]c2=O)c1. The molecule has 0 aliphatic rings. The van der Waals surface area contributed by atoms with E-state index in [1.54, 1.807) is 18.2 Å². The van der Waals surface area contributed by atoms with E-state index in [0.29, 0.717) is 5.69 Å². The maximum Gasteiger partial charge on any atom is 0.335 e. The van der Waals surface area contributed by atoms with Gasteiger partial charge < -0.3 is 15.0 Å². The van der Waals surface area contributed by atoms with E-state index in [9.17, 15) is 24.6 Å². The Hall–Kier alpha value is -3.94. The lowest BCUT2D eigenvalue weighted by Crippen LogP contribution is -2.31. The Morgan fingerprint density at radius 2 is 1.93 bits per heavy atom. The van der Waals surface area contributed by atoms with Gasteiger partial charge in [0, 0.05) is 6.21 Å². The third-order valence-corrected chi connectivity index (χ3v) is 3.81. The number of H-pyrrole nitrogens is 1. The van der Waals surface area contributed by atoms with E-state index in [-0.39, 0.29) is 16.8 Å². The Balaban J connectivity index is 2.10. The molecule has 0 unspecified atom stereocenters. The zero-order valence-corrected chi connectivity index (χ0v) is 14.2. The predicted octanol–water partition coefficient (Wildman–Crippen LogP) is 0.654. The third kappa shape index (κ3) is 3.69. The first-order chi connectivity index (χ1) is 12.9. The number of hydrogen-bond acceptors (Lipinski definition) is 6. The Bertz CT molecular complexity index is 1170. The molecule has 0 saturated carbocycles. The fourth-order valence-electron chi connectivity index (χ4n) is 2.51. The number of nitrogens with zero attached hydrogens (tertiary/aromatic N) is 2. The van der Waals surface area contributed by atoms with Gasteiger partial charge in [-0.05, 0) is 42.3 Å². The van der Waals surface area contributed by atoms with Crippen molar-refractivity contribution in [3.05, 3.63) is 86.1 Å². The topological polar surface area (TPSA) is 128 Å². The van der Waals surface area contributed by atoms with Crippen LogP contribution in [-0.2, 0) is 0 Å². The first kappa shape index (κ1) is 17.9. The smallest absolute Gasteiger partial charge is 0.335 e. The molecule has 0 aliphatic carbocycles. The molecular formula is C19H14N3O5-. The summed E-state index contributed by atoms with van der Waals surface area (Å²) < 4.78 is 0.952. The second-order valence-corrected chi connectivity index (χ2v) is 5.77. The number of carboxylic acid groups (broad SMARTS) is 1. The average Bonchev–Trinajstić information content (AvgIpc) is 2.61. The average molecular weight is 364 g/mol. The molecular weight excluding hydrogens is 350 g/mol. The van der Waals surface area contributed by atoms with Gasteiger partial charge in [-0.3, -0.25) is 14.8 Å². The molecule has 136 valence electrons. The molecule has 2 N–H and O–H groups in total. The van der Waals surface area contributed by atoms with Crippen LogP contribution in [0.15, 0.2) is 63.1 Å². The normalized spacial score (nSPS) is 11.0. The van der Waals surface area contributed by atoms with Crippen molar-refractivity contribution in [2.24, 2.45) is 4.99 Å². The lowest BCUT2D eigenvalue weighted by Gasteiger charge is -2.10. The van der Waals surface area contributed by atoms with Gasteiger partial charge in [0.1, 0.15) is 5.56 Å². The van der Waals surface area contributed by atoms with Crippen molar-refractivity contribution in [1.82, 2.24) is 9.55 Å². The van der Waals surface area contributed by atoms with Gasteiger partial charge in [0.05, 0.1) is 17.3 Å². The zero-order chi connectivity index (χ0) is 19.6. The van der Waals surface area contributed by atoms with Gasteiger partial charge in [0.2, 0.25) is 5.88 Å². The number of aromatic amines is 1. The molecule has 2 aromatic carbocycles. The fourth-order valence-corrected chi connectivity index (χ4v) is 2.51. The molecule has 1 aromatic heterocycles. The molecule has 0 fully saturated rings. The third-order valence-electron chi connectivity index (χ3n) is 3.81. The Labute approximate surface area is 152 Å². The van der Waals surface area contributed by atoms with Gasteiger partial charge in [-0.2, -0.15) is 0 Å². The number of aromatic carboxylic acids is 1. The number of aromatic hydroxyl groups is 1. The van der Waals surface area contributed by atoms with Gasteiger partial charge in [-0.1, -0.05) is 24.3 Å². The van der Waals surface area contributed by atoms with E-state index in [2.05, 4.69) is 9.98 Å². The summed E-state index contributed by atoms with van der Waals surface area (Å²) in [6, 6.07) is 12.4. The summed E-state index contributed by atoms with van der Waals surface area (Å²) in [6.07, 6.45) is 1.06.